The molecule has 0 aromatic heterocycles. The fourth-order valence-corrected chi connectivity index (χ4v) is 6.10. The number of ether oxygens (including phenoxy) is 2. The molecule has 1 amide bonds. The lowest BCUT2D eigenvalue weighted by Crippen LogP contribution is -2.41. The molecule has 1 N–H and O–H groups in total. The number of carboxylic acids is 1. The molecule has 9 heteroatoms. The van der Waals surface area contributed by atoms with E-state index in [0.717, 1.165) is 7.14 Å². The smallest absolute Gasteiger partial charge is 0.341 e. The van der Waals surface area contributed by atoms with Crippen LogP contribution in [0.1, 0.15) is 10.4 Å². The Balaban J connectivity index is 2.35. The maximum absolute atomic E-state index is 12.7. The van der Waals surface area contributed by atoms with E-state index < -0.39 is 12.6 Å². The van der Waals surface area contributed by atoms with E-state index >= 15 is 0 Å². The van der Waals surface area contributed by atoms with Crippen molar-refractivity contribution in [2.45, 2.75) is 0 Å². The van der Waals surface area contributed by atoms with Crippen LogP contribution in [0.4, 0.5) is 0 Å². The van der Waals surface area contributed by atoms with Crippen LogP contribution in [0, 0.1) is 10.7 Å². The number of carbonyl (C=O) groups is 2. The highest BCUT2D eigenvalue weighted by Crippen LogP contribution is 2.34. The molecule has 0 unspecified atom stereocenters. The second-order valence-corrected chi connectivity index (χ2v) is 7.85. The van der Waals surface area contributed by atoms with Crippen molar-refractivity contribution in [1.82, 2.24) is 4.90 Å². The molecule has 22 heavy (non-hydrogen) atoms. The topological polar surface area (TPSA) is 76.1 Å². The van der Waals surface area contributed by atoms with Crippen LogP contribution in [-0.2, 0) is 9.53 Å². The lowest BCUT2D eigenvalue weighted by molar-refractivity contribution is -0.139. The first-order valence-corrected chi connectivity index (χ1v) is 9.54. The van der Waals surface area contributed by atoms with Gasteiger partial charge in [-0.2, -0.15) is 0 Å². The van der Waals surface area contributed by atoms with Crippen LogP contribution in [0.3, 0.4) is 0 Å². The zero-order chi connectivity index (χ0) is 16.3. The summed E-state index contributed by atoms with van der Waals surface area (Å²) in [4.78, 5) is 25.2. The Morgan fingerprint density at radius 3 is 2.45 bits per heavy atom. The highest BCUT2D eigenvalue weighted by Gasteiger charge is 2.26. The predicted molar refractivity (Wildman–Crippen MR) is 104 cm³/mol. The fraction of sp³-hybridized carbons (Fsp3) is 0.385. The maximum Gasteiger partial charge on any atom is 0.341 e. The van der Waals surface area contributed by atoms with Crippen LogP contribution in [-0.4, -0.2) is 54.8 Å². The average molecular weight is 643 g/mol. The number of aliphatic carboxylic acids is 1. The molecule has 0 saturated carbocycles. The summed E-state index contributed by atoms with van der Waals surface area (Å²) in [5.74, 6) is -0.680. The number of rotatable bonds is 4. The van der Waals surface area contributed by atoms with Crippen molar-refractivity contribution in [2.75, 3.05) is 32.9 Å². The molecule has 0 spiro atoms. The summed E-state index contributed by atoms with van der Waals surface area (Å²) < 4.78 is 12.9. The number of hydrogen-bond donors (Lipinski definition) is 1. The average Bonchev–Trinajstić information content (AvgIpc) is 2.47. The lowest BCUT2D eigenvalue weighted by atomic mass is 10.2. The number of hydrogen-bond acceptors (Lipinski definition) is 4. The van der Waals surface area contributed by atoms with Gasteiger partial charge in [0.05, 0.1) is 25.9 Å². The van der Waals surface area contributed by atoms with Crippen LogP contribution in [0.25, 0.3) is 0 Å². The second kappa shape index (κ2) is 8.28. The summed E-state index contributed by atoms with van der Waals surface area (Å²) in [5.41, 5.74) is 0.559. The first kappa shape index (κ1) is 18.4. The number of halogens is 3. The minimum absolute atomic E-state index is 0.0753. The van der Waals surface area contributed by atoms with E-state index in [2.05, 4.69) is 45.2 Å². The summed E-state index contributed by atoms with van der Waals surface area (Å²) in [7, 11) is 0. The number of nitrogens with zero attached hydrogens (tertiary/aromatic N) is 1. The van der Waals surface area contributed by atoms with Crippen LogP contribution in [0.15, 0.2) is 6.07 Å². The molecule has 1 aromatic carbocycles. The van der Waals surface area contributed by atoms with Gasteiger partial charge in [0.2, 0.25) is 0 Å². The van der Waals surface area contributed by atoms with E-state index in [9.17, 15) is 9.59 Å². The minimum atomic E-state index is -1.05. The SMILES string of the molecule is O=C(O)COc1c(I)cc(I)c(C(=O)N2CCOCC2)c1I. The summed E-state index contributed by atoms with van der Waals surface area (Å²) >= 11 is 6.25. The Bertz CT molecular complexity index is 602. The molecular formula is C13H12I3NO5. The van der Waals surface area contributed by atoms with E-state index in [-0.39, 0.29) is 5.91 Å². The fourth-order valence-electron chi connectivity index (χ4n) is 1.96. The summed E-state index contributed by atoms with van der Waals surface area (Å²) in [6, 6.07) is 1.83. The van der Waals surface area contributed by atoms with Crippen LogP contribution in [0.5, 0.6) is 5.75 Å². The molecule has 2 rings (SSSR count). The number of carboxylic acid groups (broad SMARTS) is 1. The standard InChI is InChI=1S/C13H12I3NO5/c14-7-5-8(15)12(22-6-9(18)19)11(16)10(7)13(20)17-1-3-21-4-2-17/h5H,1-4,6H2,(H,18,19). The molecule has 1 aliphatic rings. The normalized spacial score (nSPS) is 14.8. The molecule has 120 valence electrons. The van der Waals surface area contributed by atoms with Gasteiger partial charge >= 0.3 is 5.97 Å². The van der Waals surface area contributed by atoms with Gasteiger partial charge in [0, 0.05) is 16.7 Å². The third kappa shape index (κ3) is 4.35. The van der Waals surface area contributed by atoms with Gasteiger partial charge in [-0.25, -0.2) is 4.79 Å². The Kier molecular flexibility index (Phi) is 6.94. The van der Waals surface area contributed by atoms with Crippen LogP contribution >= 0.6 is 67.8 Å². The molecule has 6 nitrogen and oxygen atoms in total. The van der Waals surface area contributed by atoms with Gasteiger partial charge < -0.3 is 19.5 Å². The van der Waals surface area contributed by atoms with E-state index in [1.54, 1.807) is 4.90 Å². The van der Waals surface area contributed by atoms with Crippen LogP contribution < -0.4 is 4.74 Å². The highest BCUT2D eigenvalue weighted by atomic mass is 127. The van der Waals surface area contributed by atoms with Crippen molar-refractivity contribution < 1.29 is 24.2 Å². The summed E-state index contributed by atoms with van der Waals surface area (Å²) in [6.45, 7) is 1.75. The summed E-state index contributed by atoms with van der Waals surface area (Å²) in [6.07, 6.45) is 0. The van der Waals surface area contributed by atoms with Gasteiger partial charge in [-0.05, 0) is 73.8 Å². The highest BCUT2D eigenvalue weighted by molar-refractivity contribution is 14.1. The molecule has 1 heterocycles. The molecular weight excluding hydrogens is 631 g/mol. The van der Waals surface area contributed by atoms with Gasteiger partial charge in [-0.3, -0.25) is 4.79 Å². The third-order valence-corrected chi connectivity index (χ3v) is 5.66. The molecule has 1 fully saturated rings. The lowest BCUT2D eigenvalue weighted by Gasteiger charge is -2.28. The second-order valence-electron chi connectivity index (χ2n) is 4.45. The zero-order valence-corrected chi connectivity index (χ0v) is 17.7. The van der Waals surface area contributed by atoms with Crippen molar-refractivity contribution in [1.29, 1.82) is 0 Å². The largest absolute Gasteiger partial charge is 0.480 e. The predicted octanol–water partition coefficient (Wildman–Crippen LogP) is 2.44. The van der Waals surface area contributed by atoms with E-state index in [1.165, 1.54) is 0 Å². The summed E-state index contributed by atoms with van der Waals surface area (Å²) in [5, 5.41) is 8.77. The van der Waals surface area contributed by atoms with Gasteiger partial charge in [0.25, 0.3) is 5.91 Å². The molecule has 0 aliphatic carbocycles. The quantitative estimate of drug-likeness (QED) is 0.511. The van der Waals surface area contributed by atoms with Crippen molar-refractivity contribution in [2.24, 2.45) is 0 Å². The van der Waals surface area contributed by atoms with Crippen molar-refractivity contribution >= 4 is 79.6 Å². The number of amides is 1. The zero-order valence-electron chi connectivity index (χ0n) is 11.3. The third-order valence-electron chi connectivity index (χ3n) is 2.98. The number of benzene rings is 1. The van der Waals surface area contributed by atoms with Gasteiger partial charge in [-0.1, -0.05) is 0 Å². The monoisotopic (exact) mass is 643 g/mol. The van der Waals surface area contributed by atoms with Gasteiger partial charge in [0.1, 0.15) is 5.75 Å². The Morgan fingerprint density at radius 2 is 1.86 bits per heavy atom. The maximum atomic E-state index is 12.7. The number of carbonyl (C=O) groups excluding carboxylic acids is 1. The van der Waals surface area contributed by atoms with Gasteiger partial charge in [-0.15, -0.1) is 0 Å². The number of morpholine rings is 1. The molecule has 1 saturated heterocycles. The first-order chi connectivity index (χ1) is 10.4. The molecule has 0 bridgehead atoms. The van der Waals surface area contributed by atoms with Crippen LogP contribution in [0.2, 0.25) is 0 Å². The molecule has 1 aromatic rings. The molecule has 0 atom stereocenters. The van der Waals surface area contributed by atoms with Gasteiger partial charge in [0.15, 0.2) is 6.61 Å². The van der Waals surface area contributed by atoms with E-state index in [0.29, 0.717) is 41.2 Å². The van der Waals surface area contributed by atoms with Crippen molar-refractivity contribution in [3.63, 3.8) is 0 Å². The van der Waals surface area contributed by atoms with Crippen molar-refractivity contribution in [3.8, 4) is 5.75 Å². The Labute approximate surface area is 168 Å². The molecule has 0 radical (unpaired) electrons. The Morgan fingerprint density at radius 1 is 1.23 bits per heavy atom. The first-order valence-electron chi connectivity index (χ1n) is 6.31. The minimum Gasteiger partial charge on any atom is -0.480 e. The Hall–Kier alpha value is 0.110. The van der Waals surface area contributed by atoms with E-state index in [4.69, 9.17) is 14.6 Å². The van der Waals surface area contributed by atoms with E-state index in [1.807, 2.05) is 28.7 Å². The molecule has 1 aliphatic heterocycles. The van der Waals surface area contributed by atoms with Crippen molar-refractivity contribution in [3.05, 3.63) is 22.3 Å².